The number of hydrogen-bond acceptors (Lipinski definition) is 1. The van der Waals surface area contributed by atoms with Crippen LogP contribution >= 0.6 is 39.3 Å². The molecule has 0 radical (unpaired) electrons. The van der Waals surface area contributed by atoms with E-state index >= 15 is 0 Å². The smallest absolute Gasteiger partial charge is 0.0406 e. The highest BCUT2D eigenvalue weighted by Crippen LogP contribution is 2.29. The zero-order valence-corrected chi connectivity index (χ0v) is 10.9. The zero-order valence-electron chi connectivity index (χ0n) is 7.78. The number of benzene rings is 2. The third kappa shape index (κ3) is 3.26. The minimum Gasteiger partial charge on any atom is -0.0901 e. The third-order valence-electron chi connectivity index (χ3n) is 1.85. The molecule has 0 spiro atoms. The highest BCUT2D eigenvalue weighted by Gasteiger charge is 1.97. The molecule has 3 heteroatoms. The Balaban J connectivity index is 2.18. The summed E-state index contributed by atoms with van der Waals surface area (Å²) in [6.45, 7) is 0. The van der Waals surface area contributed by atoms with Crippen LogP contribution in [0, 0.1) is 0 Å². The molecule has 0 bridgehead atoms. The largest absolute Gasteiger partial charge is 0.0901 e. The molecule has 0 saturated heterocycles. The lowest BCUT2D eigenvalue weighted by Crippen LogP contribution is -1.73. The molecular weight excluding hydrogens is 292 g/mol. The summed E-state index contributed by atoms with van der Waals surface area (Å²) >= 11 is 11.0. The Hall–Kier alpha value is -0.440. The SMILES string of the molecule is Clc1ccc(Sc2cccc(Br)c2)cc1. The van der Waals surface area contributed by atoms with Gasteiger partial charge >= 0.3 is 0 Å². The van der Waals surface area contributed by atoms with Gasteiger partial charge in [-0.3, -0.25) is 0 Å². The second-order valence-corrected chi connectivity index (χ2v) is 5.51. The maximum absolute atomic E-state index is 5.82. The van der Waals surface area contributed by atoms with E-state index in [0.717, 1.165) is 9.50 Å². The van der Waals surface area contributed by atoms with Gasteiger partial charge in [0, 0.05) is 19.3 Å². The van der Waals surface area contributed by atoms with E-state index < -0.39 is 0 Å². The van der Waals surface area contributed by atoms with Crippen LogP contribution < -0.4 is 0 Å². The Labute approximate surface area is 107 Å². The van der Waals surface area contributed by atoms with Crippen molar-refractivity contribution in [3.63, 3.8) is 0 Å². The van der Waals surface area contributed by atoms with Gasteiger partial charge in [-0.2, -0.15) is 0 Å². The van der Waals surface area contributed by atoms with Gasteiger partial charge in [-0.15, -0.1) is 0 Å². The predicted molar refractivity (Wildman–Crippen MR) is 69.7 cm³/mol. The Kier molecular flexibility index (Phi) is 3.73. The van der Waals surface area contributed by atoms with E-state index in [1.54, 1.807) is 11.8 Å². The quantitative estimate of drug-likeness (QED) is 0.729. The van der Waals surface area contributed by atoms with Crippen LogP contribution in [0.5, 0.6) is 0 Å². The minimum absolute atomic E-state index is 0.772. The van der Waals surface area contributed by atoms with E-state index in [1.807, 2.05) is 36.4 Å². The Bertz CT molecular complexity index is 453. The van der Waals surface area contributed by atoms with Gasteiger partial charge in [0.25, 0.3) is 0 Å². The first kappa shape index (κ1) is 11.1. The summed E-state index contributed by atoms with van der Waals surface area (Å²) in [4.78, 5) is 2.41. The first-order valence-corrected chi connectivity index (χ1v) is 6.42. The van der Waals surface area contributed by atoms with Crippen LogP contribution in [0.25, 0.3) is 0 Å². The summed E-state index contributed by atoms with van der Waals surface area (Å²) in [7, 11) is 0. The molecule has 0 heterocycles. The second-order valence-electron chi connectivity index (χ2n) is 3.01. The van der Waals surface area contributed by atoms with E-state index in [0.29, 0.717) is 0 Å². The molecule has 2 rings (SSSR count). The zero-order chi connectivity index (χ0) is 10.7. The van der Waals surface area contributed by atoms with Gasteiger partial charge in [0.2, 0.25) is 0 Å². The third-order valence-corrected chi connectivity index (χ3v) is 3.59. The average Bonchev–Trinajstić information content (AvgIpc) is 2.22. The molecule has 0 saturated carbocycles. The van der Waals surface area contributed by atoms with Crippen molar-refractivity contribution in [3.8, 4) is 0 Å². The molecule has 0 unspecified atom stereocenters. The van der Waals surface area contributed by atoms with Crippen molar-refractivity contribution in [2.24, 2.45) is 0 Å². The van der Waals surface area contributed by atoms with Crippen LogP contribution in [0.2, 0.25) is 5.02 Å². The highest BCUT2D eigenvalue weighted by molar-refractivity contribution is 9.10. The molecule has 0 N–H and O–H groups in total. The molecule has 0 amide bonds. The van der Waals surface area contributed by atoms with Crippen molar-refractivity contribution in [2.75, 3.05) is 0 Å². The standard InChI is InChI=1S/C12H8BrClS/c13-9-2-1-3-12(8-9)15-11-6-4-10(14)5-7-11/h1-8H. The maximum atomic E-state index is 5.82. The summed E-state index contributed by atoms with van der Waals surface area (Å²) in [6.07, 6.45) is 0. The van der Waals surface area contributed by atoms with Gasteiger partial charge in [-0.05, 0) is 42.5 Å². The van der Waals surface area contributed by atoms with E-state index in [2.05, 4.69) is 28.1 Å². The molecule has 15 heavy (non-hydrogen) atoms. The lowest BCUT2D eigenvalue weighted by Gasteiger charge is -2.01. The van der Waals surface area contributed by atoms with E-state index in [1.165, 1.54) is 9.79 Å². The van der Waals surface area contributed by atoms with Gasteiger partial charge < -0.3 is 0 Å². The summed E-state index contributed by atoms with van der Waals surface area (Å²) in [5, 5.41) is 0.772. The van der Waals surface area contributed by atoms with Gasteiger partial charge in [0.05, 0.1) is 0 Å². The van der Waals surface area contributed by atoms with E-state index in [4.69, 9.17) is 11.6 Å². The number of rotatable bonds is 2. The molecular formula is C12H8BrClS. The molecule has 0 aliphatic rings. The molecule has 0 aliphatic heterocycles. The molecule has 0 aromatic heterocycles. The monoisotopic (exact) mass is 298 g/mol. The van der Waals surface area contributed by atoms with Crippen LogP contribution in [-0.2, 0) is 0 Å². The van der Waals surface area contributed by atoms with Crippen molar-refractivity contribution in [1.29, 1.82) is 0 Å². The Morgan fingerprint density at radius 2 is 1.67 bits per heavy atom. The van der Waals surface area contributed by atoms with Crippen molar-refractivity contribution in [2.45, 2.75) is 9.79 Å². The minimum atomic E-state index is 0.772. The molecule has 0 aliphatic carbocycles. The molecule has 2 aromatic carbocycles. The summed E-state index contributed by atoms with van der Waals surface area (Å²) < 4.78 is 1.10. The molecule has 2 aromatic rings. The number of halogens is 2. The van der Waals surface area contributed by atoms with Crippen LogP contribution in [-0.4, -0.2) is 0 Å². The molecule has 0 atom stereocenters. The average molecular weight is 300 g/mol. The second kappa shape index (κ2) is 5.06. The maximum Gasteiger partial charge on any atom is 0.0406 e. The fraction of sp³-hybridized carbons (Fsp3) is 0. The topological polar surface area (TPSA) is 0 Å². The van der Waals surface area contributed by atoms with Crippen LogP contribution in [0.15, 0.2) is 62.8 Å². The van der Waals surface area contributed by atoms with E-state index in [9.17, 15) is 0 Å². The Morgan fingerprint density at radius 3 is 2.33 bits per heavy atom. The first-order chi connectivity index (χ1) is 7.24. The summed E-state index contributed by atoms with van der Waals surface area (Å²) in [5.74, 6) is 0. The van der Waals surface area contributed by atoms with Crippen LogP contribution in [0.1, 0.15) is 0 Å². The van der Waals surface area contributed by atoms with Crippen molar-refractivity contribution in [1.82, 2.24) is 0 Å². The highest BCUT2D eigenvalue weighted by atomic mass is 79.9. The van der Waals surface area contributed by atoms with Gasteiger partial charge in [0.1, 0.15) is 0 Å². The van der Waals surface area contributed by atoms with Gasteiger partial charge in [-0.1, -0.05) is 45.4 Å². The van der Waals surface area contributed by atoms with Gasteiger partial charge in [-0.25, -0.2) is 0 Å². The van der Waals surface area contributed by atoms with Crippen LogP contribution in [0.3, 0.4) is 0 Å². The lowest BCUT2D eigenvalue weighted by atomic mass is 10.4. The predicted octanol–water partition coefficient (Wildman–Crippen LogP) is 5.25. The van der Waals surface area contributed by atoms with Gasteiger partial charge in [0.15, 0.2) is 0 Å². The molecule has 0 nitrogen and oxygen atoms in total. The molecule has 0 fully saturated rings. The van der Waals surface area contributed by atoms with Crippen LogP contribution in [0.4, 0.5) is 0 Å². The van der Waals surface area contributed by atoms with Crippen molar-refractivity contribution in [3.05, 3.63) is 58.0 Å². The lowest BCUT2D eigenvalue weighted by molar-refractivity contribution is 1.39. The fourth-order valence-corrected chi connectivity index (χ4v) is 2.72. The van der Waals surface area contributed by atoms with Crippen molar-refractivity contribution < 1.29 is 0 Å². The first-order valence-electron chi connectivity index (χ1n) is 4.43. The Morgan fingerprint density at radius 1 is 0.933 bits per heavy atom. The molecule has 76 valence electrons. The van der Waals surface area contributed by atoms with Crippen molar-refractivity contribution >= 4 is 39.3 Å². The number of hydrogen-bond donors (Lipinski definition) is 0. The summed E-state index contributed by atoms with van der Waals surface area (Å²) in [5.41, 5.74) is 0. The summed E-state index contributed by atoms with van der Waals surface area (Å²) in [6, 6.07) is 16.1. The van der Waals surface area contributed by atoms with E-state index in [-0.39, 0.29) is 0 Å². The normalized spacial score (nSPS) is 10.3. The fourth-order valence-electron chi connectivity index (χ4n) is 1.17.